The largest absolute Gasteiger partial charge is 0.382 e. The van der Waals surface area contributed by atoms with Gasteiger partial charge in [-0.3, -0.25) is 0 Å². The number of hydrogen-bond donors (Lipinski definition) is 1. The van der Waals surface area contributed by atoms with E-state index >= 15 is 0 Å². The Morgan fingerprint density at radius 3 is 2.53 bits per heavy atom. The van der Waals surface area contributed by atoms with Crippen molar-refractivity contribution in [2.24, 2.45) is 5.92 Å². The Morgan fingerprint density at radius 2 is 1.82 bits per heavy atom. The molecule has 0 saturated heterocycles. The van der Waals surface area contributed by atoms with Crippen LogP contribution in [0.3, 0.4) is 0 Å². The van der Waals surface area contributed by atoms with E-state index in [4.69, 9.17) is 0 Å². The van der Waals surface area contributed by atoms with Gasteiger partial charge in [0.1, 0.15) is 0 Å². The van der Waals surface area contributed by atoms with Crippen molar-refractivity contribution in [3.8, 4) is 0 Å². The molecule has 17 heavy (non-hydrogen) atoms. The van der Waals surface area contributed by atoms with Crippen molar-refractivity contribution in [3.05, 3.63) is 29.8 Å². The van der Waals surface area contributed by atoms with Gasteiger partial charge in [0.15, 0.2) is 0 Å². The summed E-state index contributed by atoms with van der Waals surface area (Å²) in [5, 5.41) is 3.75. The van der Waals surface area contributed by atoms with E-state index < -0.39 is 0 Å². The van der Waals surface area contributed by atoms with E-state index in [0.29, 0.717) is 6.04 Å². The van der Waals surface area contributed by atoms with Crippen molar-refractivity contribution in [3.63, 3.8) is 0 Å². The molecule has 1 nitrogen and oxygen atoms in total. The number of hydrogen-bond acceptors (Lipinski definition) is 1. The third-order valence-corrected chi connectivity index (χ3v) is 3.91. The fourth-order valence-corrected chi connectivity index (χ4v) is 2.77. The van der Waals surface area contributed by atoms with Crippen LogP contribution in [0, 0.1) is 5.92 Å². The minimum absolute atomic E-state index is 0.698. The number of para-hydroxylation sites is 1. The van der Waals surface area contributed by atoms with Crippen molar-refractivity contribution in [1.29, 1.82) is 0 Å². The fourth-order valence-electron chi connectivity index (χ4n) is 2.77. The van der Waals surface area contributed by atoms with Crippen LogP contribution in [-0.2, 0) is 6.42 Å². The highest BCUT2D eigenvalue weighted by atomic mass is 14.9. The molecule has 0 bridgehead atoms. The van der Waals surface area contributed by atoms with E-state index in [1.165, 1.54) is 49.8 Å². The Bertz CT molecular complexity index is 337. The summed E-state index contributed by atoms with van der Waals surface area (Å²) in [6, 6.07) is 9.50. The van der Waals surface area contributed by atoms with Crippen molar-refractivity contribution in [2.75, 3.05) is 5.32 Å². The number of rotatable bonds is 4. The maximum absolute atomic E-state index is 3.75. The first-order chi connectivity index (χ1) is 8.29. The smallest absolute Gasteiger partial charge is 0.0374 e. The summed E-state index contributed by atoms with van der Waals surface area (Å²) < 4.78 is 0. The molecule has 0 radical (unpaired) electrons. The second-order valence-electron chi connectivity index (χ2n) is 5.51. The van der Waals surface area contributed by atoms with E-state index in [2.05, 4.69) is 43.4 Å². The monoisotopic (exact) mass is 231 g/mol. The van der Waals surface area contributed by atoms with Crippen LogP contribution < -0.4 is 5.32 Å². The lowest BCUT2D eigenvalue weighted by Crippen LogP contribution is -2.25. The first kappa shape index (κ1) is 12.5. The van der Waals surface area contributed by atoms with E-state index in [9.17, 15) is 0 Å². The van der Waals surface area contributed by atoms with Crippen molar-refractivity contribution >= 4 is 5.69 Å². The lowest BCUT2D eigenvalue weighted by Gasteiger charge is -2.28. The summed E-state index contributed by atoms with van der Waals surface area (Å²) in [6.07, 6.45) is 7.84. The fraction of sp³-hybridized carbons (Fsp3) is 0.625. The molecule has 0 spiro atoms. The first-order valence-electron chi connectivity index (χ1n) is 7.14. The molecule has 0 aliphatic heterocycles. The standard InChI is InChI=1S/C16H25N/c1-3-6-14-7-4-5-8-16(14)17-15-11-9-13(2)10-12-15/h4-5,7-8,13,15,17H,3,6,9-12H2,1-2H3. The topological polar surface area (TPSA) is 12.0 Å². The van der Waals surface area contributed by atoms with Gasteiger partial charge >= 0.3 is 0 Å². The van der Waals surface area contributed by atoms with Gasteiger partial charge in [0, 0.05) is 11.7 Å². The molecular formula is C16H25N. The summed E-state index contributed by atoms with van der Waals surface area (Å²) in [5.74, 6) is 0.930. The molecule has 1 aromatic rings. The van der Waals surface area contributed by atoms with Crippen LogP contribution in [0.5, 0.6) is 0 Å². The van der Waals surface area contributed by atoms with Crippen molar-refractivity contribution in [2.45, 2.75) is 58.4 Å². The van der Waals surface area contributed by atoms with Gasteiger partial charge in [-0.25, -0.2) is 0 Å². The van der Waals surface area contributed by atoms with Gasteiger partial charge in [0.25, 0.3) is 0 Å². The van der Waals surface area contributed by atoms with E-state index in [1.54, 1.807) is 0 Å². The van der Waals surface area contributed by atoms with Gasteiger partial charge < -0.3 is 5.32 Å². The molecule has 1 aliphatic rings. The molecule has 0 amide bonds. The van der Waals surface area contributed by atoms with Crippen molar-refractivity contribution < 1.29 is 0 Å². The first-order valence-corrected chi connectivity index (χ1v) is 7.14. The summed E-state index contributed by atoms with van der Waals surface area (Å²) in [4.78, 5) is 0. The number of nitrogens with one attached hydrogen (secondary N) is 1. The van der Waals surface area contributed by atoms with E-state index in [1.807, 2.05) is 0 Å². The summed E-state index contributed by atoms with van der Waals surface area (Å²) in [5.41, 5.74) is 2.85. The Hall–Kier alpha value is -0.980. The minimum atomic E-state index is 0.698. The lowest BCUT2D eigenvalue weighted by molar-refractivity contribution is 0.361. The number of aryl methyl sites for hydroxylation is 1. The highest BCUT2D eigenvalue weighted by Crippen LogP contribution is 2.27. The maximum atomic E-state index is 3.75. The van der Waals surface area contributed by atoms with Crippen LogP contribution in [-0.4, -0.2) is 6.04 Å². The third-order valence-electron chi connectivity index (χ3n) is 3.91. The van der Waals surface area contributed by atoms with Gasteiger partial charge in [-0.1, -0.05) is 38.5 Å². The predicted molar refractivity (Wildman–Crippen MR) is 75.5 cm³/mol. The molecule has 1 aliphatic carbocycles. The molecule has 1 saturated carbocycles. The molecule has 1 aromatic carbocycles. The van der Waals surface area contributed by atoms with Crippen LogP contribution in [0.1, 0.15) is 51.5 Å². The molecule has 1 N–H and O–H groups in total. The van der Waals surface area contributed by atoms with E-state index in [0.717, 1.165) is 5.92 Å². The quantitative estimate of drug-likeness (QED) is 0.796. The zero-order valence-corrected chi connectivity index (χ0v) is 11.2. The van der Waals surface area contributed by atoms with Crippen LogP contribution >= 0.6 is 0 Å². The van der Waals surface area contributed by atoms with Gasteiger partial charge in [0.05, 0.1) is 0 Å². The normalized spacial score (nSPS) is 24.6. The molecule has 0 aromatic heterocycles. The molecular weight excluding hydrogens is 206 g/mol. The second-order valence-corrected chi connectivity index (χ2v) is 5.51. The highest BCUT2D eigenvalue weighted by Gasteiger charge is 2.18. The maximum Gasteiger partial charge on any atom is 0.0374 e. The molecule has 0 heterocycles. The van der Waals surface area contributed by atoms with Crippen LogP contribution in [0.15, 0.2) is 24.3 Å². The average molecular weight is 231 g/mol. The Kier molecular flexibility index (Phi) is 4.47. The van der Waals surface area contributed by atoms with Crippen LogP contribution in [0.4, 0.5) is 5.69 Å². The molecule has 94 valence electrons. The van der Waals surface area contributed by atoms with E-state index in [-0.39, 0.29) is 0 Å². The number of benzene rings is 1. The summed E-state index contributed by atoms with van der Waals surface area (Å²) >= 11 is 0. The molecule has 0 unspecified atom stereocenters. The highest BCUT2D eigenvalue weighted by molar-refractivity contribution is 5.51. The number of anilines is 1. The van der Waals surface area contributed by atoms with Gasteiger partial charge in [-0.15, -0.1) is 0 Å². The summed E-state index contributed by atoms with van der Waals surface area (Å²) in [7, 11) is 0. The summed E-state index contributed by atoms with van der Waals surface area (Å²) in [6.45, 7) is 4.63. The molecule has 2 rings (SSSR count). The second kappa shape index (κ2) is 6.09. The Balaban J connectivity index is 1.98. The zero-order valence-electron chi connectivity index (χ0n) is 11.2. The SMILES string of the molecule is CCCc1ccccc1NC1CCC(C)CC1. The predicted octanol–water partition coefficient (Wildman–Crippen LogP) is 4.63. The van der Waals surface area contributed by atoms with Crippen LogP contribution in [0.25, 0.3) is 0 Å². The lowest BCUT2D eigenvalue weighted by atomic mass is 9.87. The third kappa shape index (κ3) is 3.49. The Labute approximate surface area is 106 Å². The average Bonchev–Trinajstić information content (AvgIpc) is 2.35. The molecule has 1 heteroatoms. The van der Waals surface area contributed by atoms with Gasteiger partial charge in [0.2, 0.25) is 0 Å². The van der Waals surface area contributed by atoms with Gasteiger partial charge in [-0.2, -0.15) is 0 Å². The Morgan fingerprint density at radius 1 is 1.12 bits per heavy atom. The van der Waals surface area contributed by atoms with Crippen LogP contribution in [0.2, 0.25) is 0 Å². The van der Waals surface area contributed by atoms with Crippen molar-refractivity contribution in [1.82, 2.24) is 0 Å². The molecule has 0 atom stereocenters. The van der Waals surface area contributed by atoms with Gasteiger partial charge in [-0.05, 0) is 49.7 Å². The molecule has 1 fully saturated rings. The zero-order chi connectivity index (χ0) is 12.1. The minimum Gasteiger partial charge on any atom is -0.382 e.